The Bertz CT molecular complexity index is 909. The van der Waals surface area contributed by atoms with E-state index in [1.807, 2.05) is 30.3 Å². The number of hydrogen-bond donors (Lipinski definition) is 1. The van der Waals surface area contributed by atoms with Crippen molar-refractivity contribution in [2.75, 3.05) is 45.6 Å². The van der Waals surface area contributed by atoms with Crippen molar-refractivity contribution < 1.29 is 17.9 Å². The SMILES string of the molecule is COc1ccc(CC(=O)NCCS(=O)(=O)N2CCN(Cc3ccccc3)CC2)cc1. The summed E-state index contributed by atoms with van der Waals surface area (Å²) in [5.74, 6) is 0.456. The first-order valence-electron chi connectivity index (χ1n) is 10.1. The third kappa shape index (κ3) is 6.55. The summed E-state index contributed by atoms with van der Waals surface area (Å²) in [7, 11) is -1.79. The van der Waals surface area contributed by atoms with Crippen LogP contribution < -0.4 is 10.1 Å². The summed E-state index contributed by atoms with van der Waals surface area (Å²) in [5, 5.41) is 2.71. The van der Waals surface area contributed by atoms with Gasteiger partial charge in [-0.25, -0.2) is 8.42 Å². The monoisotopic (exact) mass is 431 g/mol. The van der Waals surface area contributed by atoms with Gasteiger partial charge in [0.05, 0.1) is 19.3 Å². The lowest BCUT2D eigenvalue weighted by Crippen LogP contribution is -2.49. The minimum absolute atomic E-state index is 0.0833. The third-order valence-corrected chi connectivity index (χ3v) is 7.05. The minimum atomic E-state index is -3.38. The molecule has 1 aliphatic rings. The molecule has 3 rings (SSSR count). The van der Waals surface area contributed by atoms with Gasteiger partial charge >= 0.3 is 0 Å². The molecule has 0 atom stereocenters. The number of sulfonamides is 1. The molecule has 0 saturated carbocycles. The number of carbonyl (C=O) groups excluding carboxylic acids is 1. The van der Waals surface area contributed by atoms with Gasteiger partial charge in [0.2, 0.25) is 15.9 Å². The normalized spacial score (nSPS) is 15.6. The molecule has 1 fully saturated rings. The lowest BCUT2D eigenvalue weighted by molar-refractivity contribution is -0.120. The number of benzene rings is 2. The van der Waals surface area contributed by atoms with E-state index >= 15 is 0 Å². The van der Waals surface area contributed by atoms with Gasteiger partial charge in [-0.05, 0) is 23.3 Å². The number of methoxy groups -OCH3 is 1. The van der Waals surface area contributed by atoms with Gasteiger partial charge in [0, 0.05) is 39.3 Å². The lowest BCUT2D eigenvalue weighted by Gasteiger charge is -2.34. The number of amides is 1. The molecule has 1 N–H and O–H groups in total. The van der Waals surface area contributed by atoms with Crippen LogP contribution in [-0.4, -0.2) is 69.1 Å². The van der Waals surface area contributed by atoms with E-state index in [0.29, 0.717) is 26.2 Å². The highest BCUT2D eigenvalue weighted by atomic mass is 32.2. The molecule has 2 aromatic carbocycles. The van der Waals surface area contributed by atoms with Gasteiger partial charge in [0.1, 0.15) is 5.75 Å². The Balaban J connectivity index is 1.39. The Morgan fingerprint density at radius 1 is 0.967 bits per heavy atom. The molecule has 1 saturated heterocycles. The predicted molar refractivity (Wildman–Crippen MR) is 117 cm³/mol. The van der Waals surface area contributed by atoms with E-state index in [9.17, 15) is 13.2 Å². The van der Waals surface area contributed by atoms with Crippen molar-refractivity contribution in [3.63, 3.8) is 0 Å². The molecular formula is C22H29N3O4S. The minimum Gasteiger partial charge on any atom is -0.497 e. The van der Waals surface area contributed by atoms with Gasteiger partial charge in [0.25, 0.3) is 0 Å². The first-order chi connectivity index (χ1) is 14.5. The molecule has 0 spiro atoms. The molecule has 1 amide bonds. The maximum absolute atomic E-state index is 12.6. The van der Waals surface area contributed by atoms with E-state index in [0.717, 1.165) is 17.9 Å². The summed E-state index contributed by atoms with van der Waals surface area (Å²) in [5.41, 5.74) is 2.08. The summed E-state index contributed by atoms with van der Waals surface area (Å²) in [4.78, 5) is 14.4. The molecule has 1 aliphatic heterocycles. The fourth-order valence-electron chi connectivity index (χ4n) is 3.45. The van der Waals surface area contributed by atoms with Crippen LogP contribution in [0.5, 0.6) is 5.75 Å². The molecule has 162 valence electrons. The summed E-state index contributed by atoms with van der Waals surface area (Å²) in [6, 6.07) is 17.4. The van der Waals surface area contributed by atoms with Crippen molar-refractivity contribution in [3.05, 3.63) is 65.7 Å². The Hall–Kier alpha value is -2.42. The average Bonchev–Trinajstić information content (AvgIpc) is 2.75. The maximum Gasteiger partial charge on any atom is 0.224 e. The predicted octanol–water partition coefficient (Wildman–Crippen LogP) is 1.50. The lowest BCUT2D eigenvalue weighted by atomic mass is 10.1. The second-order valence-corrected chi connectivity index (χ2v) is 9.44. The van der Waals surface area contributed by atoms with Crippen molar-refractivity contribution in [1.82, 2.24) is 14.5 Å². The molecule has 30 heavy (non-hydrogen) atoms. The second-order valence-electron chi connectivity index (χ2n) is 7.35. The van der Waals surface area contributed by atoms with Crippen LogP contribution >= 0.6 is 0 Å². The van der Waals surface area contributed by atoms with Crippen molar-refractivity contribution in [2.45, 2.75) is 13.0 Å². The second kappa shape index (κ2) is 10.6. The Morgan fingerprint density at radius 3 is 2.27 bits per heavy atom. The molecule has 0 bridgehead atoms. The molecule has 0 unspecified atom stereocenters. The standard InChI is InChI=1S/C22H29N3O4S/c1-29-21-9-7-19(8-10-21)17-22(26)23-11-16-30(27,28)25-14-12-24(13-15-25)18-20-5-3-2-4-6-20/h2-10H,11-18H2,1H3,(H,23,26). The van der Waals surface area contributed by atoms with Crippen molar-refractivity contribution in [2.24, 2.45) is 0 Å². The van der Waals surface area contributed by atoms with Crippen LogP contribution in [0.2, 0.25) is 0 Å². The van der Waals surface area contributed by atoms with E-state index in [4.69, 9.17) is 4.74 Å². The van der Waals surface area contributed by atoms with Crippen molar-refractivity contribution in [1.29, 1.82) is 0 Å². The zero-order valence-corrected chi connectivity index (χ0v) is 18.1. The van der Waals surface area contributed by atoms with Gasteiger partial charge in [-0.3, -0.25) is 9.69 Å². The fraction of sp³-hybridized carbons (Fsp3) is 0.409. The highest BCUT2D eigenvalue weighted by Gasteiger charge is 2.26. The van der Waals surface area contributed by atoms with Crippen LogP contribution in [0.3, 0.4) is 0 Å². The number of rotatable bonds is 9. The fourth-order valence-corrected chi connectivity index (χ4v) is 4.79. The van der Waals surface area contributed by atoms with Crippen LogP contribution in [0, 0.1) is 0 Å². The summed E-state index contributed by atoms with van der Waals surface area (Å²) < 4.78 is 31.8. The topological polar surface area (TPSA) is 78.9 Å². The number of nitrogens with zero attached hydrogens (tertiary/aromatic N) is 2. The van der Waals surface area contributed by atoms with E-state index in [1.165, 1.54) is 9.87 Å². The van der Waals surface area contributed by atoms with Crippen LogP contribution in [0.15, 0.2) is 54.6 Å². The Kier molecular flexibility index (Phi) is 7.84. The number of nitrogens with one attached hydrogen (secondary N) is 1. The molecular weight excluding hydrogens is 402 g/mol. The van der Waals surface area contributed by atoms with Crippen LogP contribution in [-0.2, 0) is 27.8 Å². The van der Waals surface area contributed by atoms with Crippen LogP contribution in [0.4, 0.5) is 0 Å². The molecule has 0 radical (unpaired) electrons. The Labute approximate surface area is 178 Å². The maximum atomic E-state index is 12.6. The zero-order valence-electron chi connectivity index (χ0n) is 17.3. The summed E-state index contributed by atoms with van der Waals surface area (Å²) in [6.07, 6.45) is 0.211. The van der Waals surface area contributed by atoms with Gasteiger partial charge in [-0.1, -0.05) is 42.5 Å². The summed E-state index contributed by atoms with van der Waals surface area (Å²) >= 11 is 0. The first-order valence-corrected chi connectivity index (χ1v) is 11.7. The Morgan fingerprint density at radius 2 is 1.63 bits per heavy atom. The highest BCUT2D eigenvalue weighted by molar-refractivity contribution is 7.89. The smallest absolute Gasteiger partial charge is 0.224 e. The van der Waals surface area contributed by atoms with Crippen LogP contribution in [0.25, 0.3) is 0 Å². The van der Waals surface area contributed by atoms with Gasteiger partial charge in [0.15, 0.2) is 0 Å². The van der Waals surface area contributed by atoms with Gasteiger partial charge in [-0.15, -0.1) is 0 Å². The van der Waals surface area contributed by atoms with Crippen LogP contribution in [0.1, 0.15) is 11.1 Å². The summed E-state index contributed by atoms with van der Waals surface area (Å²) in [6.45, 7) is 3.32. The van der Waals surface area contributed by atoms with Crippen molar-refractivity contribution >= 4 is 15.9 Å². The van der Waals surface area contributed by atoms with E-state index in [1.54, 1.807) is 19.2 Å². The molecule has 1 heterocycles. The number of piperazine rings is 1. The molecule has 0 aromatic heterocycles. The number of ether oxygens (including phenoxy) is 1. The highest BCUT2D eigenvalue weighted by Crippen LogP contribution is 2.13. The zero-order chi connectivity index (χ0) is 21.4. The quantitative estimate of drug-likeness (QED) is 0.651. The molecule has 8 heteroatoms. The average molecular weight is 432 g/mol. The molecule has 2 aromatic rings. The molecule has 7 nitrogen and oxygen atoms in total. The first kappa shape index (κ1) is 22.3. The largest absolute Gasteiger partial charge is 0.497 e. The van der Waals surface area contributed by atoms with Crippen molar-refractivity contribution in [3.8, 4) is 5.75 Å². The number of carbonyl (C=O) groups is 1. The van der Waals surface area contributed by atoms with Gasteiger partial charge < -0.3 is 10.1 Å². The van der Waals surface area contributed by atoms with E-state index < -0.39 is 10.0 Å². The number of hydrogen-bond acceptors (Lipinski definition) is 5. The molecule has 0 aliphatic carbocycles. The van der Waals surface area contributed by atoms with E-state index in [-0.39, 0.29) is 24.6 Å². The van der Waals surface area contributed by atoms with Gasteiger partial charge in [-0.2, -0.15) is 4.31 Å². The van der Waals surface area contributed by atoms with E-state index in [2.05, 4.69) is 22.3 Å². The third-order valence-electron chi connectivity index (χ3n) is 5.18.